The van der Waals surface area contributed by atoms with Crippen LogP contribution in [0.4, 0.5) is 0 Å². The molecule has 0 amide bonds. The van der Waals surface area contributed by atoms with Crippen molar-refractivity contribution in [3.8, 4) is 0 Å². The highest BCUT2D eigenvalue weighted by molar-refractivity contribution is 5.88. The van der Waals surface area contributed by atoms with Gasteiger partial charge in [0, 0.05) is 0 Å². The van der Waals surface area contributed by atoms with Gasteiger partial charge in [0.05, 0.1) is 12.2 Å². The molecule has 0 aliphatic rings. The van der Waals surface area contributed by atoms with Crippen LogP contribution in [0.15, 0.2) is 24.3 Å². The molecule has 0 unspecified atom stereocenters. The summed E-state index contributed by atoms with van der Waals surface area (Å²) in [4.78, 5) is 21.2. The Labute approximate surface area is 109 Å². The Balaban J connectivity index is 2.12. The van der Waals surface area contributed by atoms with Crippen LogP contribution in [0.25, 0.3) is 0 Å². The molecule has 0 aliphatic heterocycles. The second-order valence-corrected chi connectivity index (χ2v) is 4.33. The van der Waals surface area contributed by atoms with Gasteiger partial charge in [-0.25, -0.2) is 4.79 Å². The summed E-state index contributed by atoms with van der Waals surface area (Å²) in [6.45, 7) is 6.20. The molecule has 3 nitrogen and oxygen atoms in total. The van der Waals surface area contributed by atoms with Gasteiger partial charge in [0.15, 0.2) is 0 Å². The Bertz CT molecular complexity index is 343. The van der Waals surface area contributed by atoms with E-state index in [4.69, 9.17) is 9.78 Å². The van der Waals surface area contributed by atoms with Crippen molar-refractivity contribution in [2.45, 2.75) is 39.0 Å². The highest BCUT2D eigenvalue weighted by Gasteiger charge is 2.07. The van der Waals surface area contributed by atoms with Crippen molar-refractivity contribution in [3.05, 3.63) is 42.3 Å². The van der Waals surface area contributed by atoms with Crippen molar-refractivity contribution in [1.82, 2.24) is 0 Å². The number of hydrogen-bond acceptors (Lipinski definition) is 3. The van der Waals surface area contributed by atoms with Crippen molar-refractivity contribution in [2.75, 3.05) is 6.61 Å². The van der Waals surface area contributed by atoms with Crippen LogP contribution in [0.5, 0.6) is 0 Å². The lowest BCUT2D eigenvalue weighted by Crippen LogP contribution is -2.06. The van der Waals surface area contributed by atoms with Crippen molar-refractivity contribution < 1.29 is 14.6 Å². The molecule has 1 rings (SSSR count). The second-order valence-electron chi connectivity index (χ2n) is 4.33. The summed E-state index contributed by atoms with van der Waals surface area (Å²) in [5, 5.41) is 0. The Kier molecular flexibility index (Phi) is 7.11. The molecule has 99 valence electrons. The first-order chi connectivity index (χ1) is 8.74. The molecule has 0 N–H and O–H groups in total. The molecule has 1 aromatic rings. The zero-order valence-electron chi connectivity index (χ0n) is 11.0. The number of unbranched alkanes of at least 4 members (excludes halogenated alkanes) is 4. The van der Waals surface area contributed by atoms with E-state index in [-0.39, 0.29) is 0 Å². The summed E-state index contributed by atoms with van der Waals surface area (Å²) in [6.07, 6.45) is 5.25. The van der Waals surface area contributed by atoms with Crippen LogP contribution >= 0.6 is 0 Å². The lowest BCUT2D eigenvalue weighted by molar-refractivity contribution is -0.241. The Morgan fingerprint density at radius 2 is 1.78 bits per heavy atom. The summed E-state index contributed by atoms with van der Waals surface area (Å²) in [7, 11) is 0. The molecule has 0 spiro atoms. The SMILES string of the molecule is [CH2]CCCCCCOOC(=O)c1ccc(C)cc1. The number of hydrogen-bond donors (Lipinski definition) is 0. The van der Waals surface area contributed by atoms with Crippen LogP contribution in [0.3, 0.4) is 0 Å². The molecule has 1 radical (unpaired) electrons. The van der Waals surface area contributed by atoms with E-state index in [0.29, 0.717) is 12.2 Å². The predicted octanol–water partition coefficient (Wildman–Crippen LogP) is 3.87. The van der Waals surface area contributed by atoms with Crippen molar-refractivity contribution >= 4 is 5.97 Å². The summed E-state index contributed by atoms with van der Waals surface area (Å²) in [6, 6.07) is 7.20. The van der Waals surface area contributed by atoms with E-state index in [9.17, 15) is 4.79 Å². The number of rotatable bonds is 8. The molecule has 0 aromatic heterocycles. The Hall–Kier alpha value is -1.35. The minimum Gasteiger partial charge on any atom is -0.293 e. The molecule has 3 heteroatoms. The van der Waals surface area contributed by atoms with Gasteiger partial charge in [-0.2, -0.15) is 4.89 Å². The zero-order chi connectivity index (χ0) is 13.2. The maximum absolute atomic E-state index is 11.5. The number of benzene rings is 1. The minimum atomic E-state index is -0.437. The molecule has 1 aromatic carbocycles. The van der Waals surface area contributed by atoms with E-state index < -0.39 is 5.97 Å². The van der Waals surface area contributed by atoms with Gasteiger partial charge >= 0.3 is 5.97 Å². The molecular formula is C15H21O3. The third-order valence-corrected chi connectivity index (χ3v) is 2.65. The Morgan fingerprint density at radius 1 is 1.11 bits per heavy atom. The predicted molar refractivity (Wildman–Crippen MR) is 71.0 cm³/mol. The number of aryl methyl sites for hydroxylation is 1. The minimum absolute atomic E-state index is 0.437. The average Bonchev–Trinajstić information content (AvgIpc) is 2.38. The number of carbonyl (C=O) groups is 1. The summed E-state index contributed by atoms with van der Waals surface area (Å²) < 4.78 is 0. The molecule has 0 saturated heterocycles. The third kappa shape index (κ3) is 5.82. The van der Waals surface area contributed by atoms with Gasteiger partial charge in [-0.15, -0.1) is 0 Å². The largest absolute Gasteiger partial charge is 0.373 e. The first-order valence-corrected chi connectivity index (χ1v) is 6.43. The Morgan fingerprint density at radius 3 is 2.44 bits per heavy atom. The molecule has 0 bridgehead atoms. The zero-order valence-corrected chi connectivity index (χ0v) is 11.0. The maximum Gasteiger partial charge on any atom is 0.373 e. The van der Waals surface area contributed by atoms with Crippen LogP contribution < -0.4 is 0 Å². The van der Waals surface area contributed by atoms with Crippen LogP contribution in [0.2, 0.25) is 0 Å². The van der Waals surface area contributed by atoms with Gasteiger partial charge in [0.1, 0.15) is 0 Å². The monoisotopic (exact) mass is 249 g/mol. The smallest absolute Gasteiger partial charge is 0.293 e. The average molecular weight is 249 g/mol. The fourth-order valence-electron chi connectivity index (χ4n) is 1.52. The van der Waals surface area contributed by atoms with E-state index in [1.54, 1.807) is 12.1 Å². The van der Waals surface area contributed by atoms with Gasteiger partial charge in [-0.05, 0) is 25.5 Å². The summed E-state index contributed by atoms with van der Waals surface area (Å²) in [5.74, 6) is -0.437. The van der Waals surface area contributed by atoms with Crippen molar-refractivity contribution in [1.29, 1.82) is 0 Å². The summed E-state index contributed by atoms with van der Waals surface area (Å²) in [5.41, 5.74) is 1.62. The van der Waals surface area contributed by atoms with Crippen molar-refractivity contribution in [3.63, 3.8) is 0 Å². The quantitative estimate of drug-likeness (QED) is 0.398. The van der Waals surface area contributed by atoms with Crippen LogP contribution in [0.1, 0.15) is 48.0 Å². The lowest BCUT2D eigenvalue weighted by Gasteiger charge is -2.04. The molecule has 0 fully saturated rings. The van der Waals surface area contributed by atoms with Crippen LogP contribution in [-0.2, 0) is 9.78 Å². The van der Waals surface area contributed by atoms with Gasteiger partial charge in [0.25, 0.3) is 0 Å². The maximum atomic E-state index is 11.5. The van der Waals surface area contributed by atoms with Gasteiger partial charge in [-0.1, -0.05) is 50.3 Å². The molecule has 18 heavy (non-hydrogen) atoms. The molecule has 0 heterocycles. The van der Waals surface area contributed by atoms with E-state index in [1.807, 2.05) is 19.1 Å². The summed E-state index contributed by atoms with van der Waals surface area (Å²) >= 11 is 0. The number of carbonyl (C=O) groups excluding carboxylic acids is 1. The van der Waals surface area contributed by atoms with Gasteiger partial charge in [-0.3, -0.25) is 4.89 Å². The first-order valence-electron chi connectivity index (χ1n) is 6.43. The second kappa shape index (κ2) is 8.70. The van der Waals surface area contributed by atoms with E-state index in [0.717, 1.165) is 37.7 Å². The topological polar surface area (TPSA) is 35.5 Å². The fourth-order valence-corrected chi connectivity index (χ4v) is 1.52. The van der Waals surface area contributed by atoms with E-state index in [2.05, 4.69) is 6.92 Å². The van der Waals surface area contributed by atoms with Crippen molar-refractivity contribution in [2.24, 2.45) is 0 Å². The van der Waals surface area contributed by atoms with Gasteiger partial charge < -0.3 is 0 Å². The molecule has 0 atom stereocenters. The third-order valence-electron chi connectivity index (χ3n) is 2.65. The highest BCUT2D eigenvalue weighted by atomic mass is 17.2. The highest BCUT2D eigenvalue weighted by Crippen LogP contribution is 2.06. The van der Waals surface area contributed by atoms with E-state index >= 15 is 0 Å². The standard InChI is InChI=1S/C15H21O3/c1-3-4-5-6-7-12-17-18-15(16)14-10-8-13(2)9-11-14/h8-11H,1,3-7,12H2,2H3. The fraction of sp³-hybridized carbons (Fsp3) is 0.467. The molecule has 0 aliphatic carbocycles. The van der Waals surface area contributed by atoms with Crippen LogP contribution in [0, 0.1) is 13.8 Å². The molecule has 0 saturated carbocycles. The first kappa shape index (κ1) is 14.7. The normalized spacial score (nSPS) is 10.3. The van der Waals surface area contributed by atoms with Gasteiger partial charge in [0.2, 0.25) is 0 Å². The van der Waals surface area contributed by atoms with Crippen LogP contribution in [-0.4, -0.2) is 12.6 Å². The molecular weight excluding hydrogens is 228 g/mol. The lowest BCUT2D eigenvalue weighted by atomic mass is 10.2. The van der Waals surface area contributed by atoms with E-state index in [1.165, 1.54) is 0 Å².